The number of rotatable bonds is 5. The minimum Gasteiger partial charge on any atom is -0.352 e. The van der Waals surface area contributed by atoms with Crippen molar-refractivity contribution in [1.82, 2.24) is 10.3 Å². The largest absolute Gasteiger partial charge is 0.352 e. The third-order valence-electron chi connectivity index (χ3n) is 4.06. The van der Waals surface area contributed by atoms with Gasteiger partial charge in [0, 0.05) is 23.4 Å². The second-order valence-electron chi connectivity index (χ2n) is 5.99. The molecular weight excluding hydrogens is 370 g/mol. The number of benzene rings is 1. The second-order valence-corrected chi connectivity index (χ2v) is 6.85. The van der Waals surface area contributed by atoms with Crippen molar-refractivity contribution in [1.29, 1.82) is 0 Å². The molecule has 1 heterocycles. The van der Waals surface area contributed by atoms with Crippen molar-refractivity contribution >= 4 is 33.4 Å². The van der Waals surface area contributed by atoms with E-state index in [9.17, 15) is 9.59 Å². The summed E-state index contributed by atoms with van der Waals surface area (Å²) in [6.07, 6.45) is 3.97. The highest BCUT2D eigenvalue weighted by molar-refractivity contribution is 9.10. The Hall–Kier alpha value is -2.21. The van der Waals surface area contributed by atoms with Gasteiger partial charge in [-0.2, -0.15) is 0 Å². The van der Waals surface area contributed by atoms with Crippen LogP contribution >= 0.6 is 15.9 Å². The lowest BCUT2D eigenvalue weighted by Gasteiger charge is -2.08. The van der Waals surface area contributed by atoms with E-state index in [1.807, 2.05) is 37.3 Å². The van der Waals surface area contributed by atoms with E-state index in [0.29, 0.717) is 13.0 Å². The lowest BCUT2D eigenvalue weighted by atomic mass is 10.2. The monoisotopic (exact) mass is 387 g/mol. The van der Waals surface area contributed by atoms with Crippen molar-refractivity contribution in [3.63, 3.8) is 0 Å². The number of nitrogens with zero attached hydrogens (tertiary/aromatic N) is 1. The van der Waals surface area contributed by atoms with Crippen LogP contribution < -0.4 is 10.6 Å². The predicted octanol–water partition coefficient (Wildman–Crippen LogP) is 3.04. The van der Waals surface area contributed by atoms with Crippen molar-refractivity contribution in [2.45, 2.75) is 19.9 Å². The summed E-state index contributed by atoms with van der Waals surface area (Å²) in [5, 5.41) is 5.76. The molecule has 1 aliphatic rings. The third kappa shape index (κ3) is 4.00. The van der Waals surface area contributed by atoms with Gasteiger partial charge in [0.25, 0.3) is 0 Å². The number of pyridine rings is 1. The lowest BCUT2D eigenvalue weighted by molar-refractivity contribution is -0.125. The van der Waals surface area contributed by atoms with Crippen molar-refractivity contribution in [2.24, 2.45) is 11.8 Å². The van der Waals surface area contributed by atoms with Crippen LogP contribution in [0.15, 0.2) is 47.2 Å². The molecule has 2 N–H and O–H groups in total. The zero-order valence-corrected chi connectivity index (χ0v) is 14.8. The van der Waals surface area contributed by atoms with Crippen LogP contribution in [0.1, 0.15) is 17.5 Å². The van der Waals surface area contributed by atoms with Crippen molar-refractivity contribution in [3.8, 4) is 0 Å². The van der Waals surface area contributed by atoms with Crippen molar-refractivity contribution in [3.05, 3.63) is 58.3 Å². The molecule has 3 rings (SSSR count). The van der Waals surface area contributed by atoms with Crippen LogP contribution in [0.3, 0.4) is 0 Å². The van der Waals surface area contributed by atoms with E-state index >= 15 is 0 Å². The van der Waals surface area contributed by atoms with Gasteiger partial charge in [0.2, 0.25) is 11.8 Å². The summed E-state index contributed by atoms with van der Waals surface area (Å²) in [7, 11) is 0. The molecule has 2 atom stereocenters. The van der Waals surface area contributed by atoms with Gasteiger partial charge in [-0.1, -0.05) is 6.07 Å². The van der Waals surface area contributed by atoms with E-state index in [2.05, 4.69) is 31.5 Å². The molecule has 2 amide bonds. The summed E-state index contributed by atoms with van der Waals surface area (Å²) in [5.74, 6) is -0.676. The number of aromatic nitrogens is 1. The molecule has 0 saturated heterocycles. The molecule has 1 saturated carbocycles. The molecule has 0 aliphatic heterocycles. The van der Waals surface area contributed by atoms with Crippen LogP contribution in [-0.2, 0) is 16.1 Å². The zero-order valence-electron chi connectivity index (χ0n) is 13.3. The number of hydrogen-bond acceptors (Lipinski definition) is 3. The van der Waals surface area contributed by atoms with Gasteiger partial charge in [-0.3, -0.25) is 14.6 Å². The van der Waals surface area contributed by atoms with Gasteiger partial charge in [0.05, 0.1) is 17.5 Å². The number of carbonyl (C=O) groups excluding carboxylic acids is 2. The SMILES string of the molecule is Cc1ccc(NC(=O)C2CC2C(=O)NCc2ccncc2)c(Br)c1. The normalized spacial score (nSPS) is 18.8. The van der Waals surface area contributed by atoms with E-state index < -0.39 is 0 Å². The van der Waals surface area contributed by atoms with Gasteiger partial charge in [0.1, 0.15) is 0 Å². The molecule has 1 aromatic heterocycles. The maximum absolute atomic E-state index is 12.3. The first-order chi connectivity index (χ1) is 11.5. The smallest absolute Gasteiger partial charge is 0.228 e. The fraction of sp³-hybridized carbons (Fsp3) is 0.278. The Labute approximate surface area is 149 Å². The quantitative estimate of drug-likeness (QED) is 0.827. The molecule has 6 heteroatoms. The molecular formula is C18H18BrN3O2. The van der Waals surface area contributed by atoms with Crippen LogP contribution in [0.2, 0.25) is 0 Å². The highest BCUT2D eigenvalue weighted by Crippen LogP contribution is 2.40. The van der Waals surface area contributed by atoms with E-state index in [0.717, 1.165) is 21.3 Å². The lowest BCUT2D eigenvalue weighted by Crippen LogP contribution is -2.27. The fourth-order valence-corrected chi connectivity index (χ4v) is 3.13. The molecule has 2 aromatic rings. The number of halogens is 1. The predicted molar refractivity (Wildman–Crippen MR) is 95.2 cm³/mol. The van der Waals surface area contributed by atoms with Crippen LogP contribution in [-0.4, -0.2) is 16.8 Å². The standard InChI is InChI=1S/C18H18BrN3O2/c1-11-2-3-16(15(19)8-11)22-18(24)14-9-13(14)17(23)21-10-12-4-6-20-7-5-12/h2-8,13-14H,9-10H2,1H3,(H,21,23)(H,22,24). The highest BCUT2D eigenvalue weighted by Gasteiger charge is 2.47. The summed E-state index contributed by atoms with van der Waals surface area (Å²) in [4.78, 5) is 28.4. The number of amides is 2. The molecule has 1 fully saturated rings. The molecule has 1 aromatic carbocycles. The topological polar surface area (TPSA) is 71.1 Å². The Morgan fingerprint density at radius 1 is 1.17 bits per heavy atom. The maximum Gasteiger partial charge on any atom is 0.228 e. The maximum atomic E-state index is 12.3. The van der Waals surface area contributed by atoms with Crippen molar-refractivity contribution in [2.75, 3.05) is 5.32 Å². The first kappa shape index (κ1) is 16.6. The second kappa shape index (κ2) is 7.13. The van der Waals surface area contributed by atoms with E-state index in [4.69, 9.17) is 0 Å². The third-order valence-corrected chi connectivity index (χ3v) is 4.72. The number of anilines is 1. The Balaban J connectivity index is 1.51. The molecule has 2 unspecified atom stereocenters. The van der Waals surface area contributed by atoms with Crippen LogP contribution in [0.5, 0.6) is 0 Å². The van der Waals surface area contributed by atoms with Crippen LogP contribution in [0, 0.1) is 18.8 Å². The van der Waals surface area contributed by atoms with Gasteiger partial charge in [-0.25, -0.2) is 0 Å². The van der Waals surface area contributed by atoms with Crippen LogP contribution in [0.25, 0.3) is 0 Å². The highest BCUT2D eigenvalue weighted by atomic mass is 79.9. The molecule has 0 spiro atoms. The van der Waals surface area contributed by atoms with Gasteiger partial charge in [-0.05, 0) is 64.7 Å². The number of nitrogens with one attached hydrogen (secondary N) is 2. The van der Waals surface area contributed by atoms with Gasteiger partial charge in [-0.15, -0.1) is 0 Å². The van der Waals surface area contributed by atoms with E-state index in [1.165, 1.54) is 0 Å². The average molecular weight is 388 g/mol. The number of hydrogen-bond donors (Lipinski definition) is 2. The summed E-state index contributed by atoms with van der Waals surface area (Å²) < 4.78 is 0.843. The summed E-state index contributed by atoms with van der Waals surface area (Å²) in [5.41, 5.74) is 2.83. The van der Waals surface area contributed by atoms with Crippen LogP contribution in [0.4, 0.5) is 5.69 Å². The molecule has 0 radical (unpaired) electrons. The number of aryl methyl sites for hydroxylation is 1. The molecule has 124 valence electrons. The first-order valence-electron chi connectivity index (χ1n) is 7.78. The Bertz CT molecular complexity index is 764. The molecule has 0 bridgehead atoms. The summed E-state index contributed by atoms with van der Waals surface area (Å²) >= 11 is 3.44. The summed E-state index contributed by atoms with van der Waals surface area (Å²) in [6.45, 7) is 2.44. The zero-order chi connectivity index (χ0) is 17.1. The Kier molecular flexibility index (Phi) is 4.94. The minimum absolute atomic E-state index is 0.0741. The fourth-order valence-electron chi connectivity index (χ4n) is 2.54. The summed E-state index contributed by atoms with van der Waals surface area (Å²) in [6, 6.07) is 9.45. The van der Waals surface area contributed by atoms with Crippen molar-refractivity contribution < 1.29 is 9.59 Å². The van der Waals surface area contributed by atoms with Gasteiger partial charge in [0.15, 0.2) is 0 Å². The van der Waals surface area contributed by atoms with E-state index in [1.54, 1.807) is 12.4 Å². The Morgan fingerprint density at radius 3 is 2.58 bits per heavy atom. The first-order valence-corrected chi connectivity index (χ1v) is 8.57. The number of carbonyl (C=O) groups is 2. The van der Waals surface area contributed by atoms with Gasteiger partial charge >= 0.3 is 0 Å². The average Bonchev–Trinajstić information content (AvgIpc) is 3.37. The van der Waals surface area contributed by atoms with Gasteiger partial charge < -0.3 is 10.6 Å². The molecule has 24 heavy (non-hydrogen) atoms. The molecule has 5 nitrogen and oxygen atoms in total. The Morgan fingerprint density at radius 2 is 1.88 bits per heavy atom. The van der Waals surface area contributed by atoms with E-state index in [-0.39, 0.29) is 23.7 Å². The molecule has 1 aliphatic carbocycles. The minimum atomic E-state index is -0.254.